The van der Waals surface area contributed by atoms with Crippen molar-refractivity contribution in [2.75, 3.05) is 26.2 Å². The van der Waals surface area contributed by atoms with Gasteiger partial charge in [-0.25, -0.2) is 4.79 Å². The van der Waals surface area contributed by atoms with Gasteiger partial charge in [0.15, 0.2) is 0 Å². The number of carbonyl (C=O) groups excluding carboxylic acids is 1. The Morgan fingerprint density at radius 1 is 1.15 bits per heavy atom. The molecule has 0 fully saturated rings. The van der Waals surface area contributed by atoms with Gasteiger partial charge in [-0.05, 0) is 37.8 Å². The van der Waals surface area contributed by atoms with Crippen LogP contribution in [0.1, 0.15) is 40.0 Å². The lowest BCUT2D eigenvalue weighted by Crippen LogP contribution is -2.39. The van der Waals surface area contributed by atoms with Gasteiger partial charge >= 0.3 is 12.0 Å². The van der Waals surface area contributed by atoms with Crippen LogP contribution in [-0.2, 0) is 4.79 Å². The number of carboxylic acids is 1. The van der Waals surface area contributed by atoms with Crippen LogP contribution < -0.4 is 16.0 Å². The van der Waals surface area contributed by atoms with Crippen LogP contribution in [0.4, 0.5) is 4.79 Å². The van der Waals surface area contributed by atoms with Gasteiger partial charge in [-0.1, -0.05) is 20.8 Å². The van der Waals surface area contributed by atoms with Crippen molar-refractivity contribution < 1.29 is 14.7 Å². The molecule has 6 heteroatoms. The average molecular weight is 287 g/mol. The van der Waals surface area contributed by atoms with Gasteiger partial charge in [0.05, 0.1) is 0 Å². The summed E-state index contributed by atoms with van der Waals surface area (Å²) in [5, 5.41) is 17.5. The van der Waals surface area contributed by atoms with E-state index in [1.54, 1.807) is 0 Å². The monoisotopic (exact) mass is 287 g/mol. The minimum Gasteiger partial charge on any atom is -0.481 e. The van der Waals surface area contributed by atoms with Crippen LogP contribution in [0.2, 0.25) is 0 Å². The van der Waals surface area contributed by atoms with E-state index < -0.39 is 5.97 Å². The normalized spacial score (nSPS) is 12.2. The van der Waals surface area contributed by atoms with E-state index in [2.05, 4.69) is 29.8 Å². The van der Waals surface area contributed by atoms with E-state index in [1.807, 2.05) is 6.92 Å². The van der Waals surface area contributed by atoms with Crippen molar-refractivity contribution in [1.82, 2.24) is 16.0 Å². The SMILES string of the molecule is CCNCCCNC(=O)NCC(CC(=O)O)CC(C)C. The molecule has 0 aromatic carbocycles. The molecule has 0 aliphatic rings. The third kappa shape index (κ3) is 11.8. The van der Waals surface area contributed by atoms with Crippen LogP contribution in [0.25, 0.3) is 0 Å². The number of hydrogen-bond acceptors (Lipinski definition) is 3. The largest absolute Gasteiger partial charge is 0.481 e. The maximum Gasteiger partial charge on any atom is 0.314 e. The number of carboxylic acid groups (broad SMARTS) is 1. The topological polar surface area (TPSA) is 90.5 Å². The third-order valence-electron chi connectivity index (χ3n) is 2.89. The number of nitrogens with one attached hydrogen (secondary N) is 3. The molecule has 0 aromatic heterocycles. The molecular weight excluding hydrogens is 258 g/mol. The van der Waals surface area contributed by atoms with Crippen molar-refractivity contribution in [3.8, 4) is 0 Å². The van der Waals surface area contributed by atoms with Gasteiger partial charge in [-0.2, -0.15) is 0 Å². The number of urea groups is 1. The minimum absolute atomic E-state index is 0.0139. The lowest BCUT2D eigenvalue weighted by atomic mass is 9.94. The quantitative estimate of drug-likeness (QED) is 0.433. The van der Waals surface area contributed by atoms with Gasteiger partial charge in [-0.15, -0.1) is 0 Å². The van der Waals surface area contributed by atoms with Gasteiger partial charge in [0.2, 0.25) is 0 Å². The Bertz CT molecular complexity index is 283. The summed E-state index contributed by atoms with van der Waals surface area (Å²) in [6, 6.07) is -0.222. The maximum atomic E-state index is 11.6. The van der Waals surface area contributed by atoms with Gasteiger partial charge in [0.1, 0.15) is 0 Å². The zero-order chi connectivity index (χ0) is 15.4. The van der Waals surface area contributed by atoms with Gasteiger partial charge < -0.3 is 21.1 Å². The average Bonchev–Trinajstić information content (AvgIpc) is 2.34. The number of aliphatic carboxylic acids is 1. The summed E-state index contributed by atoms with van der Waals surface area (Å²) in [5.41, 5.74) is 0. The first kappa shape index (κ1) is 18.7. The van der Waals surface area contributed by atoms with Crippen LogP contribution in [0.3, 0.4) is 0 Å². The molecule has 0 rings (SSSR count). The third-order valence-corrected chi connectivity index (χ3v) is 2.89. The Morgan fingerprint density at radius 2 is 1.85 bits per heavy atom. The zero-order valence-corrected chi connectivity index (χ0v) is 12.9. The zero-order valence-electron chi connectivity index (χ0n) is 12.9. The smallest absolute Gasteiger partial charge is 0.314 e. The van der Waals surface area contributed by atoms with Gasteiger partial charge in [0, 0.05) is 19.5 Å². The molecular formula is C14H29N3O3. The molecule has 6 nitrogen and oxygen atoms in total. The molecule has 0 aliphatic heterocycles. The van der Waals surface area contributed by atoms with E-state index in [-0.39, 0.29) is 18.4 Å². The van der Waals surface area contributed by atoms with E-state index >= 15 is 0 Å². The molecule has 0 bridgehead atoms. The Balaban J connectivity index is 3.83. The summed E-state index contributed by atoms with van der Waals surface area (Å²) in [6.07, 6.45) is 1.78. The molecule has 0 spiro atoms. The second-order valence-corrected chi connectivity index (χ2v) is 5.44. The molecule has 4 N–H and O–H groups in total. The molecule has 0 aromatic rings. The Kier molecular flexibility index (Phi) is 10.8. The van der Waals surface area contributed by atoms with Crippen molar-refractivity contribution in [3.05, 3.63) is 0 Å². The second-order valence-electron chi connectivity index (χ2n) is 5.44. The van der Waals surface area contributed by atoms with Gasteiger partial charge in [0.25, 0.3) is 0 Å². The van der Waals surface area contributed by atoms with E-state index in [9.17, 15) is 9.59 Å². The van der Waals surface area contributed by atoms with Crippen LogP contribution in [-0.4, -0.2) is 43.3 Å². The molecule has 0 aliphatic carbocycles. The first-order valence-corrected chi connectivity index (χ1v) is 7.39. The molecule has 20 heavy (non-hydrogen) atoms. The highest BCUT2D eigenvalue weighted by Gasteiger charge is 2.15. The molecule has 0 radical (unpaired) electrons. The molecule has 0 saturated heterocycles. The predicted molar refractivity (Wildman–Crippen MR) is 79.8 cm³/mol. The fourth-order valence-electron chi connectivity index (χ4n) is 2.04. The van der Waals surface area contributed by atoms with Crippen LogP contribution >= 0.6 is 0 Å². The highest BCUT2D eigenvalue weighted by molar-refractivity contribution is 5.74. The molecule has 118 valence electrons. The Morgan fingerprint density at radius 3 is 2.40 bits per heavy atom. The lowest BCUT2D eigenvalue weighted by Gasteiger charge is -2.18. The summed E-state index contributed by atoms with van der Waals surface area (Å²) in [7, 11) is 0. The van der Waals surface area contributed by atoms with Crippen molar-refractivity contribution in [3.63, 3.8) is 0 Å². The Hall–Kier alpha value is -1.30. The van der Waals surface area contributed by atoms with E-state index in [0.29, 0.717) is 19.0 Å². The second kappa shape index (κ2) is 11.5. The van der Waals surface area contributed by atoms with Gasteiger partial charge in [-0.3, -0.25) is 4.79 Å². The number of rotatable bonds is 11. The summed E-state index contributed by atoms with van der Waals surface area (Å²) in [5.74, 6) is -0.409. The maximum absolute atomic E-state index is 11.6. The van der Waals surface area contributed by atoms with Crippen molar-refractivity contribution >= 4 is 12.0 Å². The summed E-state index contributed by atoms with van der Waals surface area (Å²) >= 11 is 0. The lowest BCUT2D eigenvalue weighted by molar-refractivity contribution is -0.138. The van der Waals surface area contributed by atoms with E-state index in [0.717, 1.165) is 25.9 Å². The van der Waals surface area contributed by atoms with Crippen molar-refractivity contribution in [1.29, 1.82) is 0 Å². The van der Waals surface area contributed by atoms with Crippen molar-refractivity contribution in [2.24, 2.45) is 11.8 Å². The summed E-state index contributed by atoms with van der Waals surface area (Å²) in [6.45, 7) is 8.98. The fraction of sp³-hybridized carbons (Fsp3) is 0.857. The highest BCUT2D eigenvalue weighted by Crippen LogP contribution is 2.14. The molecule has 1 atom stereocenters. The number of carbonyl (C=O) groups is 2. The van der Waals surface area contributed by atoms with E-state index in [1.165, 1.54) is 0 Å². The molecule has 0 saturated carbocycles. The minimum atomic E-state index is -0.816. The molecule has 1 unspecified atom stereocenters. The molecule has 2 amide bonds. The van der Waals surface area contributed by atoms with Crippen molar-refractivity contribution in [2.45, 2.75) is 40.0 Å². The fourth-order valence-corrected chi connectivity index (χ4v) is 2.04. The van der Waals surface area contributed by atoms with Crippen LogP contribution in [0, 0.1) is 11.8 Å². The predicted octanol–water partition coefficient (Wildman–Crippen LogP) is 1.42. The van der Waals surface area contributed by atoms with E-state index in [4.69, 9.17) is 5.11 Å². The van der Waals surface area contributed by atoms with Crippen LogP contribution in [0.15, 0.2) is 0 Å². The Labute approximate surface area is 121 Å². The first-order valence-electron chi connectivity index (χ1n) is 7.39. The summed E-state index contributed by atoms with van der Waals surface area (Å²) < 4.78 is 0. The number of hydrogen-bond donors (Lipinski definition) is 4. The van der Waals surface area contributed by atoms with Crippen LogP contribution in [0.5, 0.6) is 0 Å². The number of amides is 2. The summed E-state index contributed by atoms with van der Waals surface area (Å²) in [4.78, 5) is 22.3. The highest BCUT2D eigenvalue weighted by atomic mass is 16.4. The standard InChI is InChI=1S/C14H29N3O3/c1-4-15-6-5-7-16-14(20)17-10-12(8-11(2)3)9-13(18)19/h11-12,15H,4-10H2,1-3H3,(H,18,19)(H2,16,17,20). The molecule has 0 heterocycles. The first-order chi connectivity index (χ1) is 9.45.